The van der Waals surface area contributed by atoms with Gasteiger partial charge in [-0.05, 0) is 12.1 Å². The average Bonchev–Trinajstić information content (AvgIpc) is 2.93. The molecule has 0 unspecified atom stereocenters. The summed E-state index contributed by atoms with van der Waals surface area (Å²) >= 11 is 0. The number of carbonyl (C=O) groups is 1. The number of aliphatic hydroxyl groups is 4. The molecular formula is C12H16O9. The summed E-state index contributed by atoms with van der Waals surface area (Å²) < 4.78 is 15.2. The lowest BCUT2D eigenvalue weighted by atomic mass is 9.99. The van der Waals surface area contributed by atoms with Crippen molar-refractivity contribution in [3.05, 3.63) is 23.7 Å². The van der Waals surface area contributed by atoms with E-state index in [9.17, 15) is 20.1 Å². The van der Waals surface area contributed by atoms with Crippen LogP contribution in [0.25, 0.3) is 0 Å². The number of carboxylic acid groups (broad SMARTS) is 1. The van der Waals surface area contributed by atoms with E-state index in [-0.39, 0.29) is 18.1 Å². The number of hydrogen-bond acceptors (Lipinski definition) is 8. The van der Waals surface area contributed by atoms with Gasteiger partial charge in [0.05, 0.1) is 6.61 Å². The lowest BCUT2D eigenvalue weighted by molar-refractivity contribution is -0.304. The summed E-state index contributed by atoms with van der Waals surface area (Å²) in [6, 6.07) is 2.63. The zero-order chi connectivity index (χ0) is 15.6. The van der Waals surface area contributed by atoms with E-state index >= 15 is 0 Å². The van der Waals surface area contributed by atoms with Crippen LogP contribution in [0.5, 0.6) is 0 Å². The molecular weight excluding hydrogens is 288 g/mol. The van der Waals surface area contributed by atoms with Gasteiger partial charge in [0.15, 0.2) is 6.29 Å². The Morgan fingerprint density at radius 1 is 1.19 bits per heavy atom. The fraction of sp³-hybridized carbons (Fsp3) is 0.583. The highest BCUT2D eigenvalue weighted by Gasteiger charge is 2.44. The largest absolute Gasteiger partial charge is 0.475 e. The average molecular weight is 304 g/mol. The van der Waals surface area contributed by atoms with Gasteiger partial charge in [-0.3, -0.25) is 0 Å². The second-order valence-corrected chi connectivity index (χ2v) is 4.58. The lowest BCUT2D eigenvalue weighted by Gasteiger charge is -2.39. The number of aromatic carboxylic acids is 1. The number of ether oxygens (including phenoxy) is 2. The van der Waals surface area contributed by atoms with Gasteiger partial charge in [-0.15, -0.1) is 0 Å². The van der Waals surface area contributed by atoms with Crippen LogP contribution >= 0.6 is 0 Å². The van der Waals surface area contributed by atoms with E-state index in [1.807, 2.05) is 0 Å². The molecule has 1 fully saturated rings. The number of hydrogen-bond donors (Lipinski definition) is 5. The SMILES string of the molecule is O=C(O)c1ccc(CO[C@H]2O[C@H](CO)[C@@H](O)[C@H](O)[C@H]2O)o1. The normalized spacial score (nSPS) is 33.0. The Morgan fingerprint density at radius 3 is 2.48 bits per heavy atom. The maximum atomic E-state index is 10.6. The van der Waals surface area contributed by atoms with Crippen LogP contribution in [0.3, 0.4) is 0 Å². The first-order valence-corrected chi connectivity index (χ1v) is 6.18. The third-order valence-corrected chi connectivity index (χ3v) is 3.11. The van der Waals surface area contributed by atoms with Gasteiger partial charge in [0.25, 0.3) is 0 Å². The summed E-state index contributed by atoms with van der Waals surface area (Å²) in [7, 11) is 0. The van der Waals surface area contributed by atoms with Crippen LogP contribution in [-0.2, 0) is 16.1 Å². The van der Waals surface area contributed by atoms with Crippen molar-refractivity contribution in [3.63, 3.8) is 0 Å². The van der Waals surface area contributed by atoms with E-state index in [1.54, 1.807) is 0 Å². The van der Waals surface area contributed by atoms with Crippen LogP contribution in [0.2, 0.25) is 0 Å². The summed E-state index contributed by atoms with van der Waals surface area (Å²) in [5, 5.41) is 46.6. The van der Waals surface area contributed by atoms with E-state index in [4.69, 9.17) is 24.1 Å². The fourth-order valence-electron chi connectivity index (χ4n) is 1.94. The molecule has 0 aliphatic carbocycles. The molecule has 118 valence electrons. The van der Waals surface area contributed by atoms with E-state index in [0.29, 0.717) is 0 Å². The molecule has 0 saturated carbocycles. The number of rotatable bonds is 5. The molecule has 5 N–H and O–H groups in total. The number of furan rings is 1. The first-order chi connectivity index (χ1) is 9.93. The molecule has 1 saturated heterocycles. The van der Waals surface area contributed by atoms with Gasteiger partial charge in [0.1, 0.15) is 36.8 Å². The van der Waals surface area contributed by atoms with Crippen molar-refractivity contribution >= 4 is 5.97 Å². The minimum Gasteiger partial charge on any atom is -0.475 e. The molecule has 1 aromatic rings. The lowest BCUT2D eigenvalue weighted by Crippen LogP contribution is -2.59. The van der Waals surface area contributed by atoms with Crippen molar-refractivity contribution in [2.75, 3.05) is 6.61 Å². The third-order valence-electron chi connectivity index (χ3n) is 3.11. The molecule has 0 radical (unpaired) electrons. The molecule has 9 heteroatoms. The van der Waals surface area contributed by atoms with Gasteiger partial charge in [0, 0.05) is 0 Å². The Labute approximate surface area is 118 Å². The van der Waals surface area contributed by atoms with Crippen molar-refractivity contribution < 1.29 is 44.2 Å². The number of carboxylic acids is 1. The Morgan fingerprint density at radius 2 is 1.90 bits per heavy atom. The predicted molar refractivity (Wildman–Crippen MR) is 64.2 cm³/mol. The molecule has 2 rings (SSSR count). The van der Waals surface area contributed by atoms with Gasteiger partial charge in [-0.1, -0.05) is 0 Å². The Bertz CT molecular complexity index is 483. The molecule has 1 aliphatic rings. The van der Waals surface area contributed by atoms with Crippen molar-refractivity contribution in [3.8, 4) is 0 Å². The van der Waals surface area contributed by atoms with E-state index in [2.05, 4.69) is 0 Å². The maximum absolute atomic E-state index is 10.6. The highest BCUT2D eigenvalue weighted by atomic mass is 16.7. The quantitative estimate of drug-likeness (QED) is 0.428. The Hall–Kier alpha value is -1.49. The van der Waals surface area contributed by atoms with Gasteiger partial charge in [-0.25, -0.2) is 4.79 Å². The maximum Gasteiger partial charge on any atom is 0.371 e. The zero-order valence-electron chi connectivity index (χ0n) is 10.8. The smallest absolute Gasteiger partial charge is 0.371 e. The van der Waals surface area contributed by atoms with Gasteiger partial charge in [0.2, 0.25) is 5.76 Å². The molecule has 1 aliphatic heterocycles. The van der Waals surface area contributed by atoms with Crippen molar-refractivity contribution in [2.24, 2.45) is 0 Å². The molecule has 21 heavy (non-hydrogen) atoms. The van der Waals surface area contributed by atoms with Crippen LogP contribution < -0.4 is 0 Å². The minimum atomic E-state index is -1.54. The molecule has 0 spiro atoms. The minimum absolute atomic E-state index is 0.185. The van der Waals surface area contributed by atoms with Gasteiger partial charge < -0.3 is 39.4 Å². The zero-order valence-corrected chi connectivity index (χ0v) is 10.8. The topological polar surface area (TPSA) is 150 Å². The van der Waals surface area contributed by atoms with Gasteiger partial charge >= 0.3 is 5.97 Å². The first kappa shape index (κ1) is 15.9. The van der Waals surface area contributed by atoms with Crippen molar-refractivity contribution in [1.29, 1.82) is 0 Å². The molecule has 5 atom stereocenters. The Kier molecular flexibility index (Phi) is 4.93. The Balaban J connectivity index is 1.96. The predicted octanol–water partition coefficient (Wildman–Crippen LogP) is -1.71. The van der Waals surface area contributed by atoms with Crippen LogP contribution in [0.4, 0.5) is 0 Å². The van der Waals surface area contributed by atoms with Crippen LogP contribution in [0.1, 0.15) is 16.3 Å². The summed E-state index contributed by atoms with van der Waals surface area (Å²) in [4.78, 5) is 10.6. The molecule has 9 nitrogen and oxygen atoms in total. The standard InChI is InChI=1S/C12H16O9/c13-3-7-8(14)9(15)10(16)12(21-7)19-4-5-1-2-6(20-5)11(17)18/h1-2,7-10,12-16H,3-4H2,(H,17,18)/t7-,8-,9+,10-,12+/m1/s1. The fourth-order valence-corrected chi connectivity index (χ4v) is 1.94. The monoisotopic (exact) mass is 304 g/mol. The second kappa shape index (κ2) is 6.52. The first-order valence-electron chi connectivity index (χ1n) is 6.18. The summed E-state index contributed by atoms with van der Waals surface area (Å²) in [6.45, 7) is -0.773. The molecule has 2 heterocycles. The van der Waals surface area contributed by atoms with E-state index in [0.717, 1.165) is 0 Å². The second-order valence-electron chi connectivity index (χ2n) is 4.58. The van der Waals surface area contributed by atoms with Crippen LogP contribution in [0.15, 0.2) is 16.5 Å². The van der Waals surface area contributed by atoms with Crippen molar-refractivity contribution in [1.82, 2.24) is 0 Å². The molecule has 0 amide bonds. The summed E-state index contributed by atoms with van der Waals surface area (Å²) in [5.74, 6) is -1.30. The van der Waals surface area contributed by atoms with Crippen LogP contribution in [0, 0.1) is 0 Å². The molecule has 0 aromatic carbocycles. The van der Waals surface area contributed by atoms with E-state index < -0.39 is 43.3 Å². The van der Waals surface area contributed by atoms with Crippen LogP contribution in [-0.4, -0.2) is 68.8 Å². The molecule has 0 bridgehead atoms. The summed E-state index contributed by atoms with van der Waals surface area (Å²) in [5.41, 5.74) is 0. The highest BCUT2D eigenvalue weighted by Crippen LogP contribution is 2.23. The van der Waals surface area contributed by atoms with Gasteiger partial charge in [-0.2, -0.15) is 0 Å². The van der Waals surface area contributed by atoms with Crippen molar-refractivity contribution in [2.45, 2.75) is 37.3 Å². The molecule has 1 aromatic heterocycles. The summed E-state index contributed by atoms with van der Waals surface area (Å²) in [6.07, 6.45) is -6.88. The van der Waals surface area contributed by atoms with E-state index in [1.165, 1.54) is 12.1 Å². The number of aliphatic hydroxyl groups excluding tert-OH is 4. The highest BCUT2D eigenvalue weighted by molar-refractivity contribution is 5.84. The third kappa shape index (κ3) is 3.40.